The van der Waals surface area contributed by atoms with Crippen LogP contribution in [0, 0.1) is 5.41 Å². The number of carbonyl (C=O) groups is 2. The molecule has 5 heteroatoms. The van der Waals surface area contributed by atoms with E-state index in [0.717, 1.165) is 15.5 Å². The molecule has 3 nitrogen and oxygen atoms in total. The number of fused-ring (bicyclic) bond motifs is 1. The van der Waals surface area contributed by atoms with E-state index in [2.05, 4.69) is 0 Å². The van der Waals surface area contributed by atoms with Crippen LogP contribution < -0.4 is 0 Å². The van der Waals surface area contributed by atoms with E-state index in [9.17, 15) is 9.59 Å². The van der Waals surface area contributed by atoms with Crippen molar-refractivity contribution in [1.82, 2.24) is 0 Å². The third kappa shape index (κ3) is 2.26. The van der Waals surface area contributed by atoms with Gasteiger partial charge in [-0.05, 0) is 30.0 Å². The summed E-state index contributed by atoms with van der Waals surface area (Å²) in [6, 6.07) is 1.83. The van der Waals surface area contributed by atoms with E-state index < -0.39 is 11.4 Å². The maximum absolute atomic E-state index is 12.5. The fourth-order valence-corrected chi connectivity index (χ4v) is 4.53. The highest BCUT2D eigenvalue weighted by atomic mass is 32.2. The highest BCUT2D eigenvalue weighted by Crippen LogP contribution is 2.44. The summed E-state index contributed by atoms with van der Waals surface area (Å²) in [5, 5.41) is 10.9. The number of rotatable bonds is 3. The molecule has 2 rings (SSSR count). The normalized spacial score (nSPS) is 24.2. The van der Waals surface area contributed by atoms with Gasteiger partial charge >= 0.3 is 5.97 Å². The number of Topliss-reactive ketones (excluding diaryl/α,β-unsaturated/α-hetero) is 1. The largest absolute Gasteiger partial charge is 0.481 e. The summed E-state index contributed by atoms with van der Waals surface area (Å²) in [6.45, 7) is 1.91. The third-order valence-corrected chi connectivity index (χ3v) is 5.57. The Hall–Kier alpha value is -0.810. The SMILES string of the molecule is CCC1(CC(=O)O)CCSc2sccc2C1=O. The molecule has 1 N–H and O–H groups in total. The van der Waals surface area contributed by atoms with Gasteiger partial charge in [0.1, 0.15) is 0 Å². The first-order chi connectivity index (χ1) is 8.09. The van der Waals surface area contributed by atoms with E-state index in [1.807, 2.05) is 18.4 Å². The molecule has 0 aliphatic carbocycles. The van der Waals surface area contributed by atoms with Crippen LogP contribution in [0.3, 0.4) is 0 Å². The van der Waals surface area contributed by atoms with Crippen LogP contribution in [0.5, 0.6) is 0 Å². The van der Waals surface area contributed by atoms with Gasteiger partial charge in [0.05, 0.1) is 10.6 Å². The van der Waals surface area contributed by atoms with Gasteiger partial charge in [-0.15, -0.1) is 23.1 Å². The zero-order chi connectivity index (χ0) is 12.5. The van der Waals surface area contributed by atoms with E-state index in [4.69, 9.17) is 5.11 Å². The molecule has 0 spiro atoms. The van der Waals surface area contributed by atoms with Gasteiger partial charge in [0, 0.05) is 11.0 Å². The van der Waals surface area contributed by atoms with Crippen LogP contribution in [0.2, 0.25) is 0 Å². The number of carboxylic acids is 1. The van der Waals surface area contributed by atoms with Gasteiger partial charge in [-0.1, -0.05) is 6.92 Å². The van der Waals surface area contributed by atoms with Crippen molar-refractivity contribution < 1.29 is 14.7 Å². The van der Waals surface area contributed by atoms with Crippen molar-refractivity contribution in [3.05, 3.63) is 17.0 Å². The van der Waals surface area contributed by atoms with Gasteiger partial charge in [-0.25, -0.2) is 0 Å². The molecule has 0 radical (unpaired) electrons. The van der Waals surface area contributed by atoms with Crippen molar-refractivity contribution >= 4 is 34.9 Å². The predicted molar refractivity (Wildman–Crippen MR) is 69.0 cm³/mol. The molecule has 0 saturated heterocycles. The zero-order valence-corrected chi connectivity index (χ0v) is 11.2. The summed E-state index contributed by atoms with van der Waals surface area (Å²) >= 11 is 3.24. The maximum atomic E-state index is 12.5. The lowest BCUT2D eigenvalue weighted by molar-refractivity contribution is -0.139. The standard InChI is InChI=1S/C12H14O3S2/c1-2-12(7-9(13)14)4-6-17-11-8(10(12)15)3-5-16-11/h3,5H,2,4,6-7H2,1H3,(H,13,14). The fourth-order valence-electron chi connectivity index (χ4n) is 2.23. The zero-order valence-electron chi connectivity index (χ0n) is 9.56. The van der Waals surface area contributed by atoms with Crippen LogP contribution in [0.1, 0.15) is 36.5 Å². The smallest absolute Gasteiger partial charge is 0.304 e. The van der Waals surface area contributed by atoms with Crippen molar-refractivity contribution in [2.24, 2.45) is 5.41 Å². The Labute approximate surface area is 108 Å². The Kier molecular flexibility index (Phi) is 3.58. The van der Waals surface area contributed by atoms with E-state index >= 15 is 0 Å². The van der Waals surface area contributed by atoms with Crippen molar-refractivity contribution in [3.63, 3.8) is 0 Å². The quantitative estimate of drug-likeness (QED) is 0.915. The maximum Gasteiger partial charge on any atom is 0.304 e. The van der Waals surface area contributed by atoms with E-state index in [1.165, 1.54) is 0 Å². The van der Waals surface area contributed by atoms with Gasteiger partial charge in [0.15, 0.2) is 5.78 Å². The highest BCUT2D eigenvalue weighted by Gasteiger charge is 2.41. The molecule has 0 amide bonds. The van der Waals surface area contributed by atoms with Gasteiger partial charge in [0.25, 0.3) is 0 Å². The molecular formula is C12H14O3S2. The summed E-state index contributed by atoms with van der Waals surface area (Å²) < 4.78 is 1.04. The first kappa shape index (κ1) is 12.6. The van der Waals surface area contributed by atoms with E-state index in [1.54, 1.807) is 23.1 Å². The van der Waals surface area contributed by atoms with Crippen molar-refractivity contribution in [3.8, 4) is 0 Å². The molecule has 0 aromatic carbocycles. The number of hydrogen-bond acceptors (Lipinski definition) is 4. The second-order valence-corrected chi connectivity index (χ2v) is 6.53. The first-order valence-corrected chi connectivity index (χ1v) is 7.42. The number of aliphatic carboxylic acids is 1. The van der Waals surface area contributed by atoms with Crippen LogP contribution in [0.4, 0.5) is 0 Å². The molecule has 0 saturated carbocycles. The molecule has 0 fully saturated rings. The molecule has 92 valence electrons. The number of hydrogen-bond donors (Lipinski definition) is 1. The lowest BCUT2D eigenvalue weighted by Crippen LogP contribution is -2.33. The van der Waals surface area contributed by atoms with Gasteiger partial charge in [-0.3, -0.25) is 9.59 Å². The lowest BCUT2D eigenvalue weighted by Gasteiger charge is -2.27. The second kappa shape index (κ2) is 4.82. The number of carboxylic acid groups (broad SMARTS) is 1. The van der Waals surface area contributed by atoms with Crippen molar-refractivity contribution in [2.45, 2.75) is 30.4 Å². The molecule has 1 aliphatic heterocycles. The Balaban J connectivity index is 2.41. The summed E-state index contributed by atoms with van der Waals surface area (Å²) in [5.41, 5.74) is 0.0196. The van der Waals surface area contributed by atoms with Gasteiger partial charge in [0.2, 0.25) is 0 Å². The monoisotopic (exact) mass is 270 g/mol. The fraction of sp³-hybridized carbons (Fsp3) is 0.500. The van der Waals surface area contributed by atoms with Crippen LogP contribution in [0.15, 0.2) is 15.7 Å². The third-order valence-electron chi connectivity index (χ3n) is 3.34. The predicted octanol–water partition coefficient (Wildman–Crippen LogP) is 3.30. The molecule has 17 heavy (non-hydrogen) atoms. The summed E-state index contributed by atoms with van der Waals surface area (Å²) in [6.07, 6.45) is 1.19. The highest BCUT2D eigenvalue weighted by molar-refractivity contribution is 8.01. The number of thioether (sulfide) groups is 1. The molecule has 1 atom stereocenters. The molecule has 1 aromatic heterocycles. The Morgan fingerprint density at radius 1 is 1.59 bits per heavy atom. The van der Waals surface area contributed by atoms with E-state index in [-0.39, 0.29) is 12.2 Å². The summed E-state index contributed by atoms with van der Waals surface area (Å²) in [5.74, 6) is -0.0482. The summed E-state index contributed by atoms with van der Waals surface area (Å²) in [4.78, 5) is 23.5. The minimum atomic E-state index is -0.885. The van der Waals surface area contributed by atoms with Crippen LogP contribution in [0.25, 0.3) is 0 Å². The average Bonchev–Trinajstić information content (AvgIpc) is 2.70. The van der Waals surface area contributed by atoms with Gasteiger partial charge in [-0.2, -0.15) is 0 Å². The molecule has 0 bridgehead atoms. The van der Waals surface area contributed by atoms with Crippen LogP contribution in [-0.2, 0) is 4.79 Å². The Bertz CT molecular complexity index is 452. The van der Waals surface area contributed by atoms with Crippen LogP contribution in [-0.4, -0.2) is 22.6 Å². The second-order valence-electron chi connectivity index (χ2n) is 4.25. The molecule has 1 aliphatic rings. The van der Waals surface area contributed by atoms with Crippen molar-refractivity contribution in [2.75, 3.05) is 5.75 Å². The molecule has 2 heterocycles. The number of thiophene rings is 1. The average molecular weight is 270 g/mol. The minimum Gasteiger partial charge on any atom is -0.481 e. The minimum absolute atomic E-state index is 0.0173. The van der Waals surface area contributed by atoms with Crippen molar-refractivity contribution in [1.29, 1.82) is 0 Å². The lowest BCUT2D eigenvalue weighted by atomic mass is 9.74. The number of carbonyl (C=O) groups excluding carboxylic acids is 1. The Morgan fingerprint density at radius 2 is 2.35 bits per heavy atom. The first-order valence-electron chi connectivity index (χ1n) is 5.56. The number of ketones is 1. The van der Waals surface area contributed by atoms with Crippen LogP contribution >= 0.6 is 23.1 Å². The van der Waals surface area contributed by atoms with Gasteiger partial charge < -0.3 is 5.11 Å². The molecule has 1 unspecified atom stereocenters. The Morgan fingerprint density at radius 3 is 3.00 bits per heavy atom. The molecular weight excluding hydrogens is 256 g/mol. The molecule has 1 aromatic rings. The van der Waals surface area contributed by atoms with E-state index in [0.29, 0.717) is 12.8 Å². The topological polar surface area (TPSA) is 54.4 Å². The summed E-state index contributed by atoms with van der Waals surface area (Å²) in [7, 11) is 0.